The van der Waals surface area contributed by atoms with Gasteiger partial charge >= 0.3 is 0 Å². The number of aryl methyl sites for hydroxylation is 1. The van der Waals surface area contributed by atoms with E-state index in [0.717, 1.165) is 35.3 Å². The Morgan fingerprint density at radius 1 is 1.32 bits per heavy atom. The molecule has 0 spiro atoms. The first-order valence-corrected chi connectivity index (χ1v) is 6.53. The van der Waals surface area contributed by atoms with E-state index in [9.17, 15) is 4.39 Å². The van der Waals surface area contributed by atoms with Crippen molar-refractivity contribution in [3.8, 4) is 5.75 Å². The van der Waals surface area contributed by atoms with Crippen LogP contribution in [0.5, 0.6) is 5.75 Å². The van der Waals surface area contributed by atoms with E-state index in [1.807, 2.05) is 13.8 Å². The Labute approximate surface area is 112 Å². The van der Waals surface area contributed by atoms with E-state index in [0.29, 0.717) is 11.3 Å². The SMILES string of the molecule is CCNc1c(CC)c(C)nc2c(F)ccc(OC)c12. The van der Waals surface area contributed by atoms with Gasteiger partial charge in [0.25, 0.3) is 0 Å². The van der Waals surface area contributed by atoms with Gasteiger partial charge in [0.1, 0.15) is 17.1 Å². The van der Waals surface area contributed by atoms with Crippen molar-refractivity contribution in [2.75, 3.05) is 19.0 Å². The van der Waals surface area contributed by atoms with Crippen LogP contribution in [-0.2, 0) is 6.42 Å². The molecule has 0 aliphatic carbocycles. The lowest BCUT2D eigenvalue weighted by Crippen LogP contribution is -2.06. The predicted octanol–water partition coefficient (Wildman–Crippen LogP) is 3.69. The highest BCUT2D eigenvalue weighted by molar-refractivity contribution is 5.98. The topological polar surface area (TPSA) is 34.2 Å². The van der Waals surface area contributed by atoms with E-state index in [2.05, 4.69) is 17.2 Å². The van der Waals surface area contributed by atoms with Crippen LogP contribution >= 0.6 is 0 Å². The van der Waals surface area contributed by atoms with E-state index in [1.165, 1.54) is 6.07 Å². The van der Waals surface area contributed by atoms with Crippen LogP contribution in [0.2, 0.25) is 0 Å². The molecule has 4 heteroatoms. The molecular formula is C15H19FN2O. The van der Waals surface area contributed by atoms with Crippen LogP contribution in [0.3, 0.4) is 0 Å². The fraction of sp³-hybridized carbons (Fsp3) is 0.400. The summed E-state index contributed by atoms with van der Waals surface area (Å²) in [6.45, 7) is 6.78. The van der Waals surface area contributed by atoms with Crippen LogP contribution in [0.1, 0.15) is 25.1 Å². The first kappa shape index (κ1) is 13.6. The number of fused-ring (bicyclic) bond motifs is 1. The number of nitrogens with zero attached hydrogens (tertiary/aromatic N) is 1. The summed E-state index contributed by atoms with van der Waals surface area (Å²) in [4.78, 5) is 4.40. The highest BCUT2D eigenvalue weighted by Crippen LogP contribution is 2.36. The summed E-state index contributed by atoms with van der Waals surface area (Å²) < 4.78 is 19.4. The zero-order valence-electron chi connectivity index (χ0n) is 11.8. The molecule has 0 fully saturated rings. The molecular weight excluding hydrogens is 243 g/mol. The van der Waals surface area contributed by atoms with Crippen molar-refractivity contribution in [2.24, 2.45) is 0 Å². The Balaban J connectivity index is 2.92. The molecule has 0 saturated carbocycles. The number of aromatic nitrogens is 1. The lowest BCUT2D eigenvalue weighted by Gasteiger charge is -2.17. The molecule has 3 nitrogen and oxygen atoms in total. The lowest BCUT2D eigenvalue weighted by atomic mass is 10.0. The van der Waals surface area contributed by atoms with Crippen LogP contribution in [0.15, 0.2) is 12.1 Å². The number of benzene rings is 1. The molecule has 2 aromatic rings. The summed E-state index contributed by atoms with van der Waals surface area (Å²) in [5.74, 6) is 0.329. The fourth-order valence-corrected chi connectivity index (χ4v) is 2.44. The Morgan fingerprint density at radius 2 is 2.05 bits per heavy atom. The number of hydrogen-bond acceptors (Lipinski definition) is 3. The minimum Gasteiger partial charge on any atom is -0.496 e. The molecule has 102 valence electrons. The van der Waals surface area contributed by atoms with Gasteiger partial charge < -0.3 is 10.1 Å². The normalized spacial score (nSPS) is 10.8. The third-order valence-electron chi connectivity index (χ3n) is 3.29. The number of nitrogens with one attached hydrogen (secondary N) is 1. The molecule has 0 radical (unpaired) electrons. The summed E-state index contributed by atoms with van der Waals surface area (Å²) in [6.07, 6.45) is 0.844. The number of anilines is 1. The van der Waals surface area contributed by atoms with Gasteiger partial charge in [0.2, 0.25) is 0 Å². The summed E-state index contributed by atoms with van der Waals surface area (Å²) in [6, 6.07) is 3.05. The quantitative estimate of drug-likeness (QED) is 0.912. The molecule has 1 N–H and O–H groups in total. The molecule has 0 atom stereocenters. The maximum atomic E-state index is 14.0. The summed E-state index contributed by atoms with van der Waals surface area (Å²) >= 11 is 0. The lowest BCUT2D eigenvalue weighted by molar-refractivity contribution is 0.419. The summed E-state index contributed by atoms with van der Waals surface area (Å²) in [5, 5.41) is 4.05. The smallest absolute Gasteiger partial charge is 0.149 e. The maximum Gasteiger partial charge on any atom is 0.149 e. The highest BCUT2D eigenvalue weighted by Gasteiger charge is 2.17. The standard InChI is InChI=1S/C15H19FN2O/c1-5-10-9(3)18-15-11(16)7-8-12(19-4)13(15)14(10)17-6-2/h7-8H,5-6H2,1-4H3,(H,17,18). The van der Waals surface area contributed by atoms with Gasteiger partial charge in [-0.05, 0) is 38.0 Å². The largest absolute Gasteiger partial charge is 0.496 e. The van der Waals surface area contributed by atoms with Crippen LogP contribution < -0.4 is 10.1 Å². The zero-order chi connectivity index (χ0) is 14.0. The maximum absolute atomic E-state index is 14.0. The predicted molar refractivity (Wildman–Crippen MR) is 76.5 cm³/mol. The molecule has 1 heterocycles. The second-order valence-corrected chi connectivity index (χ2v) is 4.41. The van der Waals surface area contributed by atoms with Crippen molar-refractivity contribution < 1.29 is 9.13 Å². The van der Waals surface area contributed by atoms with E-state index < -0.39 is 0 Å². The Hall–Kier alpha value is -1.84. The minimum absolute atomic E-state index is 0.319. The van der Waals surface area contributed by atoms with Gasteiger partial charge in [-0.1, -0.05) is 6.92 Å². The summed E-state index contributed by atoms with van der Waals surface area (Å²) in [5.41, 5.74) is 3.27. The second-order valence-electron chi connectivity index (χ2n) is 4.41. The van der Waals surface area contributed by atoms with E-state index in [4.69, 9.17) is 4.74 Å². The monoisotopic (exact) mass is 262 g/mol. The molecule has 2 rings (SSSR count). The van der Waals surface area contributed by atoms with E-state index in [1.54, 1.807) is 13.2 Å². The number of hydrogen-bond donors (Lipinski definition) is 1. The second kappa shape index (κ2) is 5.43. The number of halogens is 1. The van der Waals surface area contributed by atoms with Crippen LogP contribution in [0, 0.1) is 12.7 Å². The molecule has 0 amide bonds. The third kappa shape index (κ3) is 2.23. The van der Waals surface area contributed by atoms with Gasteiger partial charge in [0.05, 0.1) is 18.2 Å². The first-order chi connectivity index (χ1) is 9.13. The Bertz CT molecular complexity index is 611. The fourth-order valence-electron chi connectivity index (χ4n) is 2.44. The number of pyridine rings is 1. The van der Waals surface area contributed by atoms with Crippen molar-refractivity contribution in [1.29, 1.82) is 0 Å². The molecule has 0 unspecified atom stereocenters. The third-order valence-corrected chi connectivity index (χ3v) is 3.29. The highest BCUT2D eigenvalue weighted by atomic mass is 19.1. The van der Waals surface area contributed by atoms with Crippen LogP contribution in [0.4, 0.5) is 10.1 Å². The Kier molecular flexibility index (Phi) is 3.88. The number of rotatable bonds is 4. The zero-order valence-corrected chi connectivity index (χ0v) is 11.8. The van der Waals surface area contributed by atoms with Crippen molar-refractivity contribution in [2.45, 2.75) is 27.2 Å². The number of ether oxygens (including phenoxy) is 1. The van der Waals surface area contributed by atoms with E-state index >= 15 is 0 Å². The van der Waals surface area contributed by atoms with Crippen LogP contribution in [-0.4, -0.2) is 18.6 Å². The molecule has 0 aliphatic heterocycles. The average Bonchev–Trinajstić information content (AvgIpc) is 2.40. The van der Waals surface area contributed by atoms with Gasteiger partial charge in [-0.15, -0.1) is 0 Å². The molecule has 1 aromatic carbocycles. The molecule has 0 bridgehead atoms. The Morgan fingerprint density at radius 3 is 2.63 bits per heavy atom. The van der Waals surface area contributed by atoms with E-state index in [-0.39, 0.29) is 5.82 Å². The minimum atomic E-state index is -0.319. The van der Waals surface area contributed by atoms with Crippen molar-refractivity contribution in [1.82, 2.24) is 4.98 Å². The van der Waals surface area contributed by atoms with Gasteiger partial charge in [0.15, 0.2) is 0 Å². The average molecular weight is 262 g/mol. The molecule has 0 aliphatic rings. The molecule has 19 heavy (non-hydrogen) atoms. The van der Waals surface area contributed by atoms with Crippen molar-refractivity contribution >= 4 is 16.6 Å². The van der Waals surface area contributed by atoms with Crippen molar-refractivity contribution in [3.63, 3.8) is 0 Å². The van der Waals surface area contributed by atoms with Gasteiger partial charge in [0, 0.05) is 12.2 Å². The van der Waals surface area contributed by atoms with Crippen LogP contribution in [0.25, 0.3) is 10.9 Å². The van der Waals surface area contributed by atoms with Gasteiger partial charge in [-0.3, -0.25) is 0 Å². The molecule has 0 saturated heterocycles. The number of methoxy groups -OCH3 is 1. The van der Waals surface area contributed by atoms with Crippen molar-refractivity contribution in [3.05, 3.63) is 29.2 Å². The first-order valence-electron chi connectivity index (χ1n) is 6.53. The summed E-state index contributed by atoms with van der Waals surface area (Å²) in [7, 11) is 1.59. The molecule has 1 aromatic heterocycles. The van der Waals surface area contributed by atoms with Gasteiger partial charge in [-0.2, -0.15) is 0 Å². The van der Waals surface area contributed by atoms with Gasteiger partial charge in [-0.25, -0.2) is 9.37 Å².